The Morgan fingerprint density at radius 2 is 1.77 bits per heavy atom. The Morgan fingerprint density at radius 3 is 2.42 bits per heavy atom. The molecule has 26 heavy (non-hydrogen) atoms. The van der Waals surface area contributed by atoms with Gasteiger partial charge in [-0.15, -0.1) is 0 Å². The predicted octanol–water partition coefficient (Wildman–Crippen LogP) is 2.52. The summed E-state index contributed by atoms with van der Waals surface area (Å²) < 4.78 is 23.2. The van der Waals surface area contributed by atoms with Crippen LogP contribution in [0.25, 0.3) is 10.9 Å². The molecule has 0 saturated carbocycles. The molecule has 0 fully saturated rings. The summed E-state index contributed by atoms with van der Waals surface area (Å²) >= 11 is 0. The van der Waals surface area contributed by atoms with Gasteiger partial charge in [0, 0.05) is 12.3 Å². The first-order valence-electron chi connectivity index (χ1n) is 8.24. The van der Waals surface area contributed by atoms with Crippen LogP contribution >= 0.6 is 0 Å². The molecule has 1 aromatic heterocycles. The number of fused-ring (bicyclic) bond motifs is 1. The van der Waals surface area contributed by atoms with Crippen LogP contribution in [0.15, 0.2) is 58.2 Å². The number of nitrogens with zero attached hydrogens (tertiary/aromatic N) is 2. The van der Waals surface area contributed by atoms with E-state index in [4.69, 9.17) is 0 Å². The first-order chi connectivity index (χ1) is 12.3. The van der Waals surface area contributed by atoms with Crippen molar-refractivity contribution in [2.75, 3.05) is 13.3 Å². The third kappa shape index (κ3) is 3.84. The molecule has 3 aromatic rings. The first kappa shape index (κ1) is 18.3. The van der Waals surface area contributed by atoms with Crippen LogP contribution in [0.5, 0.6) is 0 Å². The van der Waals surface area contributed by atoms with Gasteiger partial charge >= 0.3 is 0 Å². The van der Waals surface area contributed by atoms with Crippen molar-refractivity contribution in [3.05, 3.63) is 70.3 Å². The number of aromatic amines is 1. The van der Waals surface area contributed by atoms with Gasteiger partial charge in [0.25, 0.3) is 5.56 Å². The Balaban J connectivity index is 1.81. The van der Waals surface area contributed by atoms with Crippen LogP contribution in [-0.4, -0.2) is 36.6 Å². The summed E-state index contributed by atoms with van der Waals surface area (Å²) in [6.07, 6.45) is 1.19. The standard InChI is InChI=1S/C19H21N3O3S/c1-13(14-8-10-15(11-9-14)26(3,24)25)22(2)12-18-20-17-7-5-4-6-16(17)19(23)21-18/h4-11,13H,12H2,1-3H3,(H,20,21,23). The van der Waals surface area contributed by atoms with Crippen molar-refractivity contribution in [3.63, 3.8) is 0 Å². The molecule has 0 aliphatic carbocycles. The van der Waals surface area contributed by atoms with E-state index in [1.807, 2.05) is 49.2 Å². The number of rotatable bonds is 5. The molecule has 0 bridgehead atoms. The maximum atomic E-state index is 12.2. The van der Waals surface area contributed by atoms with Gasteiger partial charge < -0.3 is 4.98 Å². The van der Waals surface area contributed by atoms with Crippen LogP contribution in [-0.2, 0) is 16.4 Å². The van der Waals surface area contributed by atoms with Gasteiger partial charge in [-0.25, -0.2) is 13.4 Å². The summed E-state index contributed by atoms with van der Waals surface area (Å²) in [5.74, 6) is 0.593. The second-order valence-corrected chi connectivity index (χ2v) is 8.48. The summed E-state index contributed by atoms with van der Waals surface area (Å²) in [7, 11) is -1.27. The van der Waals surface area contributed by atoms with E-state index in [1.165, 1.54) is 6.26 Å². The summed E-state index contributed by atoms with van der Waals surface area (Å²) in [4.78, 5) is 21.9. The monoisotopic (exact) mass is 371 g/mol. The maximum absolute atomic E-state index is 12.2. The highest BCUT2D eigenvalue weighted by Crippen LogP contribution is 2.22. The lowest BCUT2D eigenvalue weighted by atomic mass is 10.1. The molecule has 1 unspecified atom stereocenters. The van der Waals surface area contributed by atoms with Crippen molar-refractivity contribution in [1.82, 2.24) is 14.9 Å². The van der Waals surface area contributed by atoms with E-state index < -0.39 is 9.84 Å². The number of sulfone groups is 1. The van der Waals surface area contributed by atoms with Gasteiger partial charge in [-0.3, -0.25) is 9.69 Å². The van der Waals surface area contributed by atoms with Crippen LogP contribution in [0.2, 0.25) is 0 Å². The number of H-pyrrole nitrogens is 1. The number of nitrogens with one attached hydrogen (secondary N) is 1. The molecule has 0 saturated heterocycles. The first-order valence-corrected chi connectivity index (χ1v) is 10.1. The lowest BCUT2D eigenvalue weighted by Crippen LogP contribution is -2.25. The zero-order valence-electron chi connectivity index (χ0n) is 14.9. The third-order valence-electron chi connectivity index (χ3n) is 4.51. The third-order valence-corrected chi connectivity index (χ3v) is 5.64. The average Bonchev–Trinajstić information content (AvgIpc) is 2.60. The van der Waals surface area contributed by atoms with Gasteiger partial charge in [-0.05, 0) is 43.8 Å². The normalized spacial score (nSPS) is 13.2. The Bertz CT molecular complexity index is 1090. The highest BCUT2D eigenvalue weighted by atomic mass is 32.2. The Hall–Kier alpha value is -2.51. The van der Waals surface area contributed by atoms with Gasteiger partial charge in [-0.1, -0.05) is 24.3 Å². The maximum Gasteiger partial charge on any atom is 0.258 e. The second kappa shape index (κ2) is 7.01. The van der Waals surface area contributed by atoms with E-state index in [1.54, 1.807) is 18.2 Å². The number of benzene rings is 2. The largest absolute Gasteiger partial charge is 0.309 e. The highest BCUT2D eigenvalue weighted by Gasteiger charge is 2.15. The van der Waals surface area contributed by atoms with Crippen molar-refractivity contribution in [3.8, 4) is 0 Å². The molecule has 1 N–H and O–H groups in total. The lowest BCUT2D eigenvalue weighted by Gasteiger charge is -2.24. The molecule has 0 spiro atoms. The molecule has 3 rings (SSSR count). The molecule has 0 radical (unpaired) electrons. The Kier molecular flexibility index (Phi) is 4.93. The van der Waals surface area contributed by atoms with E-state index >= 15 is 0 Å². The van der Waals surface area contributed by atoms with E-state index in [9.17, 15) is 13.2 Å². The fourth-order valence-electron chi connectivity index (χ4n) is 2.83. The van der Waals surface area contributed by atoms with Gasteiger partial charge in [-0.2, -0.15) is 0 Å². The molecule has 6 nitrogen and oxygen atoms in total. The predicted molar refractivity (Wildman–Crippen MR) is 102 cm³/mol. The van der Waals surface area contributed by atoms with Crippen LogP contribution < -0.4 is 5.56 Å². The van der Waals surface area contributed by atoms with Gasteiger partial charge in [0.05, 0.1) is 22.3 Å². The number of aromatic nitrogens is 2. The number of hydrogen-bond donors (Lipinski definition) is 1. The van der Waals surface area contributed by atoms with E-state index in [2.05, 4.69) is 9.97 Å². The zero-order valence-corrected chi connectivity index (χ0v) is 15.7. The summed E-state index contributed by atoms with van der Waals surface area (Å²) in [6.45, 7) is 2.49. The van der Waals surface area contributed by atoms with Gasteiger partial charge in [0.15, 0.2) is 9.84 Å². The highest BCUT2D eigenvalue weighted by molar-refractivity contribution is 7.90. The van der Waals surface area contributed by atoms with Crippen LogP contribution in [0.3, 0.4) is 0 Å². The van der Waals surface area contributed by atoms with Crippen molar-refractivity contribution in [1.29, 1.82) is 0 Å². The number of para-hydroxylation sites is 1. The molecular weight excluding hydrogens is 350 g/mol. The van der Waals surface area contributed by atoms with Crippen LogP contribution in [0.4, 0.5) is 0 Å². The lowest BCUT2D eigenvalue weighted by molar-refractivity contribution is 0.247. The summed E-state index contributed by atoms with van der Waals surface area (Å²) in [5, 5.41) is 0.573. The minimum Gasteiger partial charge on any atom is -0.309 e. The van der Waals surface area contributed by atoms with E-state index in [0.29, 0.717) is 28.2 Å². The fourth-order valence-corrected chi connectivity index (χ4v) is 3.46. The molecule has 2 aromatic carbocycles. The molecular formula is C19H21N3O3S. The molecule has 0 aliphatic heterocycles. The van der Waals surface area contributed by atoms with Gasteiger partial charge in [0.1, 0.15) is 5.82 Å². The molecule has 1 heterocycles. The molecule has 1 atom stereocenters. The van der Waals surface area contributed by atoms with Crippen molar-refractivity contribution in [2.45, 2.75) is 24.4 Å². The van der Waals surface area contributed by atoms with Crippen LogP contribution in [0, 0.1) is 0 Å². The molecule has 7 heteroatoms. The molecule has 136 valence electrons. The Morgan fingerprint density at radius 1 is 1.12 bits per heavy atom. The van der Waals surface area contributed by atoms with E-state index in [0.717, 1.165) is 5.56 Å². The molecule has 0 amide bonds. The number of hydrogen-bond acceptors (Lipinski definition) is 5. The topological polar surface area (TPSA) is 83.1 Å². The smallest absolute Gasteiger partial charge is 0.258 e. The van der Waals surface area contributed by atoms with Crippen molar-refractivity contribution < 1.29 is 8.42 Å². The fraction of sp³-hybridized carbons (Fsp3) is 0.263. The second-order valence-electron chi connectivity index (χ2n) is 6.46. The quantitative estimate of drug-likeness (QED) is 0.745. The van der Waals surface area contributed by atoms with E-state index in [-0.39, 0.29) is 11.6 Å². The zero-order chi connectivity index (χ0) is 18.9. The summed E-state index contributed by atoms with van der Waals surface area (Å²) in [5.41, 5.74) is 1.51. The minimum absolute atomic E-state index is 0.0281. The van der Waals surface area contributed by atoms with Crippen molar-refractivity contribution in [2.24, 2.45) is 0 Å². The minimum atomic E-state index is -3.20. The van der Waals surface area contributed by atoms with Crippen molar-refractivity contribution >= 4 is 20.7 Å². The Labute approximate surface area is 152 Å². The average molecular weight is 371 g/mol. The summed E-state index contributed by atoms with van der Waals surface area (Å²) in [6, 6.07) is 14.1. The molecule has 0 aliphatic rings. The SMILES string of the molecule is CC(c1ccc(S(C)(=O)=O)cc1)N(C)Cc1nc2ccccc2c(=O)[nH]1. The van der Waals surface area contributed by atoms with Gasteiger partial charge in [0.2, 0.25) is 0 Å². The van der Waals surface area contributed by atoms with Crippen LogP contribution in [0.1, 0.15) is 24.4 Å².